The molecule has 3 nitrogen and oxygen atoms in total. The molecule has 0 aromatic heterocycles. The fraction of sp³-hybridized carbons (Fsp3) is 1.00. The summed E-state index contributed by atoms with van der Waals surface area (Å²) in [5, 5.41) is 9.24. The molecule has 0 unspecified atom stereocenters. The molecule has 0 heterocycles. The van der Waals surface area contributed by atoms with Crippen molar-refractivity contribution in [1.82, 2.24) is 0 Å². The van der Waals surface area contributed by atoms with Gasteiger partial charge in [-0.05, 0) is 45.4 Å². The van der Waals surface area contributed by atoms with Crippen LogP contribution in [0.1, 0.15) is 46.5 Å². The van der Waals surface area contributed by atoms with Gasteiger partial charge < -0.3 is 5.11 Å². The predicted molar refractivity (Wildman–Crippen MR) is 61.5 cm³/mol. The van der Waals surface area contributed by atoms with Crippen LogP contribution in [0.3, 0.4) is 0 Å². The lowest BCUT2D eigenvalue weighted by Crippen LogP contribution is -2.38. The van der Waals surface area contributed by atoms with Crippen molar-refractivity contribution in [3.05, 3.63) is 0 Å². The van der Waals surface area contributed by atoms with Crippen molar-refractivity contribution in [2.45, 2.75) is 51.2 Å². The van der Waals surface area contributed by atoms with E-state index >= 15 is 0 Å². The maximum Gasteiger partial charge on any atom is 0.155 e. The Labute approximate surface area is 92.8 Å². The maximum absolute atomic E-state index is 11.9. The van der Waals surface area contributed by atoms with Crippen molar-refractivity contribution in [3.63, 3.8) is 0 Å². The lowest BCUT2D eigenvalue weighted by Gasteiger charge is -2.40. The standard InChI is InChI=1S/C11H22O3S/c1-10(2,3)15(13,14)8-7-11(9-12)5-4-6-11/h12H,4-9H2,1-3H3. The van der Waals surface area contributed by atoms with Crippen molar-refractivity contribution in [1.29, 1.82) is 0 Å². The van der Waals surface area contributed by atoms with Gasteiger partial charge in [-0.25, -0.2) is 8.42 Å². The second-order valence-electron chi connectivity index (χ2n) is 5.69. The smallest absolute Gasteiger partial charge is 0.155 e. The van der Waals surface area contributed by atoms with E-state index in [-0.39, 0.29) is 17.8 Å². The predicted octanol–water partition coefficient (Wildman–Crippen LogP) is 1.75. The summed E-state index contributed by atoms with van der Waals surface area (Å²) >= 11 is 0. The number of rotatable bonds is 4. The van der Waals surface area contributed by atoms with E-state index in [1.54, 1.807) is 20.8 Å². The second kappa shape index (κ2) is 4.06. The van der Waals surface area contributed by atoms with Gasteiger partial charge >= 0.3 is 0 Å². The highest BCUT2D eigenvalue weighted by molar-refractivity contribution is 7.92. The zero-order valence-corrected chi connectivity index (χ0v) is 10.7. The SMILES string of the molecule is CC(C)(C)S(=O)(=O)CCC1(CO)CCC1. The third-order valence-corrected chi connectivity index (χ3v) is 6.19. The average molecular weight is 234 g/mol. The van der Waals surface area contributed by atoms with Crippen molar-refractivity contribution in [2.24, 2.45) is 5.41 Å². The van der Waals surface area contributed by atoms with Crippen LogP contribution in [-0.2, 0) is 9.84 Å². The van der Waals surface area contributed by atoms with E-state index in [0.717, 1.165) is 19.3 Å². The van der Waals surface area contributed by atoms with Crippen LogP contribution in [0.15, 0.2) is 0 Å². The minimum absolute atomic E-state index is 0.0850. The van der Waals surface area contributed by atoms with Crippen LogP contribution < -0.4 is 0 Å². The Bertz CT molecular complexity index is 302. The minimum atomic E-state index is -3.03. The molecule has 0 aromatic carbocycles. The molecule has 0 aromatic rings. The van der Waals surface area contributed by atoms with E-state index in [1.165, 1.54) is 0 Å². The molecule has 0 radical (unpaired) electrons. The molecule has 0 amide bonds. The minimum Gasteiger partial charge on any atom is -0.396 e. The van der Waals surface area contributed by atoms with E-state index < -0.39 is 14.6 Å². The molecule has 1 aliphatic carbocycles. The van der Waals surface area contributed by atoms with Gasteiger partial charge in [0.15, 0.2) is 9.84 Å². The van der Waals surface area contributed by atoms with Crippen molar-refractivity contribution >= 4 is 9.84 Å². The largest absolute Gasteiger partial charge is 0.396 e. The molecule has 0 aliphatic heterocycles. The zero-order chi connectivity index (χ0) is 11.7. The van der Waals surface area contributed by atoms with Gasteiger partial charge in [-0.3, -0.25) is 0 Å². The fourth-order valence-electron chi connectivity index (χ4n) is 1.82. The molecule has 1 fully saturated rings. The van der Waals surface area contributed by atoms with Gasteiger partial charge in [0.25, 0.3) is 0 Å². The first-order valence-electron chi connectivity index (χ1n) is 5.56. The second-order valence-corrected chi connectivity index (χ2v) is 8.56. The van der Waals surface area contributed by atoms with Gasteiger partial charge in [-0.2, -0.15) is 0 Å². The molecule has 0 atom stereocenters. The van der Waals surface area contributed by atoms with E-state index in [9.17, 15) is 13.5 Å². The lowest BCUT2D eigenvalue weighted by molar-refractivity contribution is 0.0417. The van der Waals surface area contributed by atoms with Crippen LogP contribution in [0.4, 0.5) is 0 Å². The van der Waals surface area contributed by atoms with Gasteiger partial charge in [-0.1, -0.05) is 6.42 Å². The van der Waals surface area contributed by atoms with Gasteiger partial charge in [0, 0.05) is 6.61 Å². The highest BCUT2D eigenvalue weighted by atomic mass is 32.2. The lowest BCUT2D eigenvalue weighted by atomic mass is 9.68. The van der Waals surface area contributed by atoms with Crippen LogP contribution in [0.2, 0.25) is 0 Å². The molecule has 0 bridgehead atoms. The topological polar surface area (TPSA) is 54.4 Å². The van der Waals surface area contributed by atoms with Crippen LogP contribution in [0.25, 0.3) is 0 Å². The number of aliphatic hydroxyl groups is 1. The summed E-state index contributed by atoms with van der Waals surface area (Å²) in [5.41, 5.74) is -0.0850. The third-order valence-electron chi connectivity index (χ3n) is 3.58. The fourth-order valence-corrected chi connectivity index (χ4v) is 3.14. The van der Waals surface area contributed by atoms with Crippen LogP contribution in [0.5, 0.6) is 0 Å². The molecule has 0 spiro atoms. The Kier molecular flexibility index (Phi) is 3.51. The van der Waals surface area contributed by atoms with Gasteiger partial charge in [0.2, 0.25) is 0 Å². The van der Waals surface area contributed by atoms with E-state index in [1.807, 2.05) is 0 Å². The highest BCUT2D eigenvalue weighted by Crippen LogP contribution is 2.44. The summed E-state index contributed by atoms with van der Waals surface area (Å²) < 4.78 is 23.1. The van der Waals surface area contributed by atoms with Crippen molar-refractivity contribution in [3.8, 4) is 0 Å². The summed E-state index contributed by atoms with van der Waals surface area (Å²) in [4.78, 5) is 0. The van der Waals surface area contributed by atoms with Crippen LogP contribution in [-0.4, -0.2) is 30.6 Å². The number of aliphatic hydroxyl groups excluding tert-OH is 1. The normalized spacial score (nSPS) is 21.1. The van der Waals surface area contributed by atoms with E-state index in [4.69, 9.17) is 0 Å². The first-order valence-corrected chi connectivity index (χ1v) is 7.21. The molecule has 90 valence electrons. The Morgan fingerprint density at radius 1 is 1.27 bits per heavy atom. The zero-order valence-electron chi connectivity index (χ0n) is 9.91. The quantitative estimate of drug-likeness (QED) is 0.806. The highest BCUT2D eigenvalue weighted by Gasteiger charge is 2.39. The van der Waals surface area contributed by atoms with Crippen molar-refractivity contribution in [2.75, 3.05) is 12.4 Å². The summed E-state index contributed by atoms with van der Waals surface area (Å²) in [6.07, 6.45) is 3.69. The molecule has 1 aliphatic rings. The molecule has 1 rings (SSSR count). The number of hydrogen-bond donors (Lipinski definition) is 1. The molecule has 0 saturated heterocycles. The summed E-state index contributed by atoms with van der Waals surface area (Å²) in [6, 6.07) is 0. The first kappa shape index (κ1) is 13.0. The Hall–Kier alpha value is -0.0900. The molecule has 15 heavy (non-hydrogen) atoms. The van der Waals surface area contributed by atoms with Gasteiger partial charge in [0.05, 0.1) is 10.5 Å². The van der Waals surface area contributed by atoms with Crippen molar-refractivity contribution < 1.29 is 13.5 Å². The monoisotopic (exact) mass is 234 g/mol. The maximum atomic E-state index is 11.9. The van der Waals surface area contributed by atoms with Crippen LogP contribution in [0, 0.1) is 5.41 Å². The third kappa shape index (κ3) is 2.72. The first-order chi connectivity index (χ1) is 6.72. The van der Waals surface area contributed by atoms with Crippen LogP contribution >= 0.6 is 0 Å². The Morgan fingerprint density at radius 2 is 1.80 bits per heavy atom. The van der Waals surface area contributed by atoms with Gasteiger partial charge in [-0.15, -0.1) is 0 Å². The Morgan fingerprint density at radius 3 is 2.07 bits per heavy atom. The number of sulfone groups is 1. The van der Waals surface area contributed by atoms with Gasteiger partial charge in [0.1, 0.15) is 0 Å². The molecule has 1 saturated carbocycles. The van der Waals surface area contributed by atoms with E-state index in [0.29, 0.717) is 6.42 Å². The molecular formula is C11H22O3S. The Balaban J connectivity index is 2.57. The molecule has 4 heteroatoms. The molecule has 1 N–H and O–H groups in total. The average Bonchev–Trinajstić information content (AvgIpc) is 2.00. The van der Waals surface area contributed by atoms with E-state index in [2.05, 4.69) is 0 Å². The summed E-state index contributed by atoms with van der Waals surface area (Å²) in [7, 11) is -3.03. The summed E-state index contributed by atoms with van der Waals surface area (Å²) in [6.45, 7) is 5.32. The molecular weight excluding hydrogens is 212 g/mol. The summed E-state index contributed by atoms with van der Waals surface area (Å²) in [5.74, 6) is 0.205. The number of hydrogen-bond acceptors (Lipinski definition) is 3.